The molecule has 0 aromatic heterocycles. The summed E-state index contributed by atoms with van der Waals surface area (Å²) in [4.78, 5) is 2.66. The van der Waals surface area contributed by atoms with Crippen LogP contribution in [0.5, 0.6) is 0 Å². The van der Waals surface area contributed by atoms with Gasteiger partial charge in [0.25, 0.3) is 0 Å². The minimum absolute atomic E-state index is 0.142. The third kappa shape index (κ3) is 3.19. The molecule has 0 aliphatic carbocycles. The molecule has 2 aliphatic heterocycles. The highest BCUT2D eigenvalue weighted by Crippen LogP contribution is 2.26. The van der Waals surface area contributed by atoms with Crippen LogP contribution in [0, 0.1) is 0 Å². The predicted octanol–water partition coefficient (Wildman–Crippen LogP) is 1.36. The molecule has 0 bridgehead atoms. The maximum Gasteiger partial charge on any atom is 0.0512 e. The molecule has 3 nitrogen and oxygen atoms in total. The topological polar surface area (TPSA) is 35.5 Å². The van der Waals surface area contributed by atoms with Gasteiger partial charge < -0.3 is 10.4 Å². The van der Waals surface area contributed by atoms with Crippen LogP contribution in [-0.4, -0.2) is 47.8 Å². The monoisotopic (exact) mass is 226 g/mol. The van der Waals surface area contributed by atoms with Crippen LogP contribution in [0.2, 0.25) is 0 Å². The summed E-state index contributed by atoms with van der Waals surface area (Å²) >= 11 is 0. The molecular formula is C13H26N2O. The Kier molecular flexibility index (Phi) is 4.62. The van der Waals surface area contributed by atoms with Crippen molar-refractivity contribution in [1.82, 2.24) is 10.2 Å². The molecule has 2 rings (SSSR count). The second kappa shape index (κ2) is 5.99. The first kappa shape index (κ1) is 12.3. The minimum atomic E-state index is -0.142. The summed E-state index contributed by atoms with van der Waals surface area (Å²) in [6.45, 7) is 5.55. The lowest BCUT2D eigenvalue weighted by Gasteiger charge is -2.32. The number of nitrogens with one attached hydrogen (secondary N) is 1. The van der Waals surface area contributed by atoms with Gasteiger partial charge in [-0.05, 0) is 52.1 Å². The van der Waals surface area contributed by atoms with E-state index in [9.17, 15) is 5.11 Å². The fraction of sp³-hybridized carbons (Fsp3) is 1.00. The van der Waals surface area contributed by atoms with Crippen LogP contribution in [0.1, 0.15) is 45.4 Å². The Hall–Kier alpha value is -0.120. The first-order valence-corrected chi connectivity index (χ1v) is 6.93. The summed E-state index contributed by atoms with van der Waals surface area (Å²) in [6.07, 6.45) is 7.39. The number of nitrogens with zero attached hydrogens (tertiary/aromatic N) is 1. The average Bonchev–Trinajstić information content (AvgIpc) is 2.68. The zero-order valence-corrected chi connectivity index (χ0v) is 10.5. The van der Waals surface area contributed by atoms with Crippen molar-refractivity contribution >= 4 is 0 Å². The fourth-order valence-electron chi connectivity index (χ4n) is 3.17. The second-order valence-electron chi connectivity index (χ2n) is 5.44. The van der Waals surface area contributed by atoms with E-state index in [1.165, 1.54) is 38.8 Å². The van der Waals surface area contributed by atoms with E-state index in [2.05, 4.69) is 10.2 Å². The van der Waals surface area contributed by atoms with E-state index in [-0.39, 0.29) is 6.10 Å². The van der Waals surface area contributed by atoms with Crippen molar-refractivity contribution in [3.63, 3.8) is 0 Å². The molecule has 0 saturated carbocycles. The largest absolute Gasteiger partial charge is 0.393 e. The van der Waals surface area contributed by atoms with Crippen LogP contribution in [0.3, 0.4) is 0 Å². The molecule has 3 unspecified atom stereocenters. The number of aliphatic hydroxyl groups is 1. The van der Waals surface area contributed by atoms with Gasteiger partial charge >= 0.3 is 0 Å². The van der Waals surface area contributed by atoms with E-state index >= 15 is 0 Å². The van der Waals surface area contributed by atoms with Crippen LogP contribution in [0.25, 0.3) is 0 Å². The van der Waals surface area contributed by atoms with E-state index in [1.54, 1.807) is 0 Å². The molecule has 0 amide bonds. The van der Waals surface area contributed by atoms with Gasteiger partial charge in [0.2, 0.25) is 0 Å². The Morgan fingerprint density at radius 1 is 1.31 bits per heavy atom. The molecule has 0 aromatic rings. The summed E-state index contributed by atoms with van der Waals surface area (Å²) in [7, 11) is 0. The third-order valence-electron chi connectivity index (χ3n) is 4.06. The second-order valence-corrected chi connectivity index (χ2v) is 5.44. The van der Waals surface area contributed by atoms with Gasteiger partial charge in [-0.2, -0.15) is 0 Å². The fourth-order valence-corrected chi connectivity index (χ4v) is 3.17. The van der Waals surface area contributed by atoms with E-state index in [0.717, 1.165) is 25.4 Å². The normalized spacial score (nSPS) is 32.6. The van der Waals surface area contributed by atoms with Crippen molar-refractivity contribution in [2.24, 2.45) is 0 Å². The lowest BCUT2D eigenvalue weighted by molar-refractivity contribution is 0.172. The van der Waals surface area contributed by atoms with E-state index < -0.39 is 0 Å². The molecule has 2 fully saturated rings. The molecule has 3 heteroatoms. The maximum absolute atomic E-state index is 9.20. The van der Waals surface area contributed by atoms with Gasteiger partial charge in [0.1, 0.15) is 0 Å². The highest BCUT2D eigenvalue weighted by atomic mass is 16.3. The number of aliphatic hydroxyl groups excluding tert-OH is 1. The Balaban J connectivity index is 1.66. The van der Waals surface area contributed by atoms with Gasteiger partial charge in [0.05, 0.1) is 6.10 Å². The zero-order valence-electron chi connectivity index (χ0n) is 10.5. The summed E-state index contributed by atoms with van der Waals surface area (Å²) in [5.41, 5.74) is 0. The van der Waals surface area contributed by atoms with Crippen LogP contribution >= 0.6 is 0 Å². The molecule has 2 aliphatic rings. The lowest BCUT2D eigenvalue weighted by Crippen LogP contribution is -2.45. The number of hydrogen-bond donors (Lipinski definition) is 2. The van der Waals surface area contributed by atoms with Gasteiger partial charge in [-0.3, -0.25) is 4.90 Å². The highest BCUT2D eigenvalue weighted by molar-refractivity contribution is 4.93. The van der Waals surface area contributed by atoms with Crippen molar-refractivity contribution in [3.8, 4) is 0 Å². The SMILES string of the molecule is CC(O)CCCNC1CCN2CCCCC12. The molecule has 2 N–H and O–H groups in total. The standard InChI is InChI=1S/C13H26N2O/c1-11(16)5-4-8-14-12-7-10-15-9-3-2-6-13(12)15/h11-14,16H,2-10H2,1H3. The summed E-state index contributed by atoms with van der Waals surface area (Å²) in [6, 6.07) is 1.52. The van der Waals surface area contributed by atoms with E-state index in [4.69, 9.17) is 0 Å². The molecule has 2 heterocycles. The average molecular weight is 226 g/mol. The minimum Gasteiger partial charge on any atom is -0.393 e. The maximum atomic E-state index is 9.20. The smallest absolute Gasteiger partial charge is 0.0512 e. The summed E-state index contributed by atoms with van der Waals surface area (Å²) in [5.74, 6) is 0. The Morgan fingerprint density at radius 3 is 3.00 bits per heavy atom. The molecule has 16 heavy (non-hydrogen) atoms. The van der Waals surface area contributed by atoms with Gasteiger partial charge in [0, 0.05) is 18.6 Å². The molecule has 94 valence electrons. The van der Waals surface area contributed by atoms with Gasteiger partial charge in [-0.25, -0.2) is 0 Å². The van der Waals surface area contributed by atoms with Crippen LogP contribution < -0.4 is 5.32 Å². The first-order chi connectivity index (χ1) is 7.77. The van der Waals surface area contributed by atoms with Gasteiger partial charge in [0.15, 0.2) is 0 Å². The molecule has 2 saturated heterocycles. The van der Waals surface area contributed by atoms with Crippen LogP contribution in [-0.2, 0) is 0 Å². The van der Waals surface area contributed by atoms with Gasteiger partial charge in [-0.15, -0.1) is 0 Å². The first-order valence-electron chi connectivity index (χ1n) is 6.93. The Bertz CT molecular complexity index is 208. The van der Waals surface area contributed by atoms with E-state index in [0.29, 0.717) is 6.04 Å². The number of rotatable bonds is 5. The summed E-state index contributed by atoms with van der Waals surface area (Å²) < 4.78 is 0. The quantitative estimate of drug-likeness (QED) is 0.695. The number of fused-ring (bicyclic) bond motifs is 1. The van der Waals surface area contributed by atoms with Crippen molar-refractivity contribution in [3.05, 3.63) is 0 Å². The third-order valence-corrected chi connectivity index (χ3v) is 4.06. The highest BCUT2D eigenvalue weighted by Gasteiger charge is 2.34. The molecule has 0 aromatic carbocycles. The molecule has 0 spiro atoms. The zero-order chi connectivity index (χ0) is 11.4. The van der Waals surface area contributed by atoms with Crippen molar-refractivity contribution in [2.45, 2.75) is 63.6 Å². The number of hydrogen-bond acceptors (Lipinski definition) is 3. The van der Waals surface area contributed by atoms with Gasteiger partial charge in [-0.1, -0.05) is 6.42 Å². The molecule has 3 atom stereocenters. The van der Waals surface area contributed by atoms with Crippen molar-refractivity contribution in [1.29, 1.82) is 0 Å². The summed E-state index contributed by atoms with van der Waals surface area (Å²) in [5, 5.41) is 12.9. The predicted molar refractivity (Wildman–Crippen MR) is 66.5 cm³/mol. The number of piperidine rings is 1. The van der Waals surface area contributed by atoms with Crippen LogP contribution in [0.4, 0.5) is 0 Å². The molecule has 0 radical (unpaired) electrons. The van der Waals surface area contributed by atoms with E-state index in [1.807, 2.05) is 6.92 Å². The molecular weight excluding hydrogens is 200 g/mol. The van der Waals surface area contributed by atoms with Crippen LogP contribution in [0.15, 0.2) is 0 Å². The van der Waals surface area contributed by atoms with Crippen molar-refractivity contribution in [2.75, 3.05) is 19.6 Å². The lowest BCUT2D eigenvalue weighted by atomic mass is 9.99. The Morgan fingerprint density at radius 2 is 2.19 bits per heavy atom. The van der Waals surface area contributed by atoms with Crippen molar-refractivity contribution < 1.29 is 5.11 Å². The Labute approximate surface area is 99.2 Å².